The Kier molecular flexibility index (Phi) is 5.76. The maximum absolute atomic E-state index is 13.6. The molecule has 1 atom stereocenters. The van der Waals surface area contributed by atoms with Crippen molar-refractivity contribution in [2.45, 2.75) is 36.3 Å². The van der Waals surface area contributed by atoms with Crippen molar-refractivity contribution in [1.29, 1.82) is 0 Å². The minimum atomic E-state index is -6.06. The van der Waals surface area contributed by atoms with Crippen molar-refractivity contribution in [2.75, 3.05) is 13.2 Å². The Morgan fingerprint density at radius 1 is 0.963 bits per heavy atom. The van der Waals surface area contributed by atoms with Crippen molar-refractivity contribution in [3.63, 3.8) is 0 Å². The van der Waals surface area contributed by atoms with Crippen LogP contribution in [0.4, 0.5) is 35.1 Å². The third-order valence-corrected chi connectivity index (χ3v) is 4.83. The molecule has 154 valence electrons. The van der Waals surface area contributed by atoms with Gasteiger partial charge >= 0.3 is 16.3 Å². The molecule has 0 radical (unpaired) electrons. The molecular formula is C13H10F8O5S. The number of halogens is 8. The van der Waals surface area contributed by atoms with E-state index in [1.807, 2.05) is 0 Å². The van der Waals surface area contributed by atoms with E-state index in [1.165, 1.54) is 0 Å². The lowest BCUT2D eigenvalue weighted by Crippen LogP contribution is -2.42. The van der Waals surface area contributed by atoms with E-state index in [0.717, 1.165) is 6.92 Å². The van der Waals surface area contributed by atoms with E-state index in [2.05, 4.69) is 4.18 Å². The predicted molar refractivity (Wildman–Crippen MR) is 69.3 cm³/mol. The second kappa shape index (κ2) is 7.14. The lowest BCUT2D eigenvalue weighted by molar-refractivity contribution is -0.233. The van der Waals surface area contributed by atoms with Crippen LogP contribution in [0.15, 0.2) is 4.90 Å². The SMILES string of the molecule is CC1(CC(OS(=O)(=O)c2c(F)c(F)c(F)c(F)c2F)C(F)(F)F)OCCO1. The monoisotopic (exact) mass is 430 g/mol. The first-order valence-electron chi connectivity index (χ1n) is 6.99. The van der Waals surface area contributed by atoms with Crippen molar-refractivity contribution in [3.8, 4) is 0 Å². The molecule has 0 N–H and O–H groups in total. The molecule has 27 heavy (non-hydrogen) atoms. The van der Waals surface area contributed by atoms with Gasteiger partial charge in [-0.15, -0.1) is 0 Å². The average molecular weight is 430 g/mol. The van der Waals surface area contributed by atoms with E-state index in [4.69, 9.17) is 9.47 Å². The van der Waals surface area contributed by atoms with Gasteiger partial charge in [0.05, 0.1) is 13.2 Å². The molecule has 14 heteroatoms. The predicted octanol–water partition coefficient (Wildman–Crippen LogP) is 3.17. The van der Waals surface area contributed by atoms with Crippen LogP contribution in [0.5, 0.6) is 0 Å². The van der Waals surface area contributed by atoms with Crippen LogP contribution < -0.4 is 0 Å². The first-order chi connectivity index (χ1) is 12.2. The molecule has 0 amide bonds. The van der Waals surface area contributed by atoms with Crippen LogP contribution in [0.3, 0.4) is 0 Å². The van der Waals surface area contributed by atoms with Crippen molar-refractivity contribution < 1.29 is 57.2 Å². The molecule has 0 saturated carbocycles. The molecule has 0 spiro atoms. The summed E-state index contributed by atoms with van der Waals surface area (Å²) in [4.78, 5) is -2.54. The van der Waals surface area contributed by atoms with Gasteiger partial charge in [-0.2, -0.15) is 21.6 Å². The van der Waals surface area contributed by atoms with Crippen molar-refractivity contribution in [1.82, 2.24) is 0 Å². The number of hydrogen-bond acceptors (Lipinski definition) is 5. The zero-order valence-corrected chi connectivity index (χ0v) is 14.0. The number of alkyl halides is 3. The van der Waals surface area contributed by atoms with Gasteiger partial charge in [0.1, 0.15) is 0 Å². The fourth-order valence-electron chi connectivity index (χ4n) is 2.22. The van der Waals surface area contributed by atoms with E-state index in [0.29, 0.717) is 0 Å². The van der Waals surface area contributed by atoms with Gasteiger partial charge in [-0.1, -0.05) is 0 Å². The van der Waals surface area contributed by atoms with Crippen LogP contribution in [0.25, 0.3) is 0 Å². The molecular weight excluding hydrogens is 420 g/mol. The van der Waals surface area contributed by atoms with Crippen molar-refractivity contribution in [3.05, 3.63) is 29.1 Å². The topological polar surface area (TPSA) is 61.8 Å². The molecule has 1 heterocycles. The highest BCUT2D eigenvalue weighted by Crippen LogP contribution is 2.36. The fraction of sp³-hybridized carbons (Fsp3) is 0.538. The molecule has 1 unspecified atom stereocenters. The Hall–Kier alpha value is -1.51. The number of hydrogen-bond donors (Lipinski definition) is 0. The highest BCUT2D eigenvalue weighted by atomic mass is 32.2. The molecule has 1 aliphatic rings. The van der Waals surface area contributed by atoms with Gasteiger partial charge in [-0.25, -0.2) is 22.0 Å². The van der Waals surface area contributed by atoms with Gasteiger partial charge in [-0.3, -0.25) is 4.18 Å². The largest absolute Gasteiger partial charge is 0.416 e. The van der Waals surface area contributed by atoms with Crippen LogP contribution in [0.1, 0.15) is 13.3 Å². The molecule has 5 nitrogen and oxygen atoms in total. The van der Waals surface area contributed by atoms with Crippen LogP contribution in [-0.4, -0.2) is 39.7 Å². The van der Waals surface area contributed by atoms with E-state index in [1.54, 1.807) is 0 Å². The molecule has 1 aromatic carbocycles. The molecule has 0 aromatic heterocycles. The summed E-state index contributed by atoms with van der Waals surface area (Å²) in [5.41, 5.74) is 0. The number of benzene rings is 1. The Morgan fingerprint density at radius 3 is 1.78 bits per heavy atom. The van der Waals surface area contributed by atoms with E-state index < -0.39 is 68.6 Å². The van der Waals surface area contributed by atoms with E-state index in [-0.39, 0.29) is 13.2 Å². The summed E-state index contributed by atoms with van der Waals surface area (Å²) in [6, 6.07) is 0. The number of rotatable bonds is 5. The minimum Gasteiger partial charge on any atom is -0.348 e. The molecule has 0 aliphatic carbocycles. The summed E-state index contributed by atoms with van der Waals surface area (Å²) >= 11 is 0. The Bertz CT molecular complexity index is 803. The van der Waals surface area contributed by atoms with E-state index >= 15 is 0 Å². The zero-order chi connectivity index (χ0) is 20.8. The van der Waals surface area contributed by atoms with Crippen LogP contribution >= 0.6 is 0 Å². The lowest BCUT2D eigenvalue weighted by atomic mass is 10.1. The Balaban J connectivity index is 2.46. The molecule has 0 bridgehead atoms. The standard InChI is InChI=1S/C13H10F8O5S/c1-12(24-2-3-25-12)4-5(13(19,20)21)26-27(22,23)11-9(17)7(15)6(14)8(16)10(11)18/h5H,2-4H2,1H3. The van der Waals surface area contributed by atoms with Gasteiger partial charge in [0.15, 0.2) is 40.1 Å². The zero-order valence-electron chi connectivity index (χ0n) is 13.2. The van der Waals surface area contributed by atoms with Crippen molar-refractivity contribution >= 4 is 10.1 Å². The van der Waals surface area contributed by atoms with Crippen LogP contribution in [-0.2, 0) is 23.8 Å². The van der Waals surface area contributed by atoms with Crippen molar-refractivity contribution in [2.24, 2.45) is 0 Å². The fourth-order valence-corrected chi connectivity index (χ4v) is 3.42. The summed E-state index contributed by atoms with van der Waals surface area (Å²) in [6.45, 7) is 0.782. The lowest BCUT2D eigenvalue weighted by Gasteiger charge is -2.28. The summed E-state index contributed by atoms with van der Waals surface area (Å²) in [7, 11) is -6.06. The molecule has 1 saturated heterocycles. The third kappa shape index (κ3) is 4.33. The van der Waals surface area contributed by atoms with Crippen LogP contribution in [0.2, 0.25) is 0 Å². The number of ether oxygens (including phenoxy) is 2. The summed E-state index contributed by atoms with van der Waals surface area (Å²) in [6.07, 6.45) is -9.94. The quantitative estimate of drug-likeness (QED) is 0.311. The minimum absolute atomic E-state index is 0.120. The summed E-state index contributed by atoms with van der Waals surface area (Å²) in [5, 5.41) is 0. The van der Waals surface area contributed by atoms with Gasteiger partial charge < -0.3 is 9.47 Å². The van der Waals surface area contributed by atoms with Crippen LogP contribution in [0, 0.1) is 29.1 Å². The maximum Gasteiger partial charge on any atom is 0.416 e. The van der Waals surface area contributed by atoms with Gasteiger partial charge in [0, 0.05) is 6.42 Å². The first kappa shape index (κ1) is 21.8. The third-order valence-electron chi connectivity index (χ3n) is 3.48. The molecule has 1 aromatic rings. The second-order valence-corrected chi connectivity index (χ2v) is 7.02. The van der Waals surface area contributed by atoms with E-state index in [9.17, 15) is 43.5 Å². The normalized spacial score (nSPS) is 18.7. The van der Waals surface area contributed by atoms with Gasteiger partial charge in [-0.05, 0) is 6.92 Å². The smallest absolute Gasteiger partial charge is 0.348 e. The summed E-state index contributed by atoms with van der Waals surface area (Å²) in [5.74, 6) is -15.6. The van der Waals surface area contributed by atoms with Gasteiger partial charge in [0.25, 0.3) is 0 Å². The Labute approximate surface area is 146 Å². The Morgan fingerprint density at radius 2 is 1.37 bits per heavy atom. The molecule has 1 aliphatic heterocycles. The van der Waals surface area contributed by atoms with Gasteiger partial charge in [0.2, 0.25) is 5.82 Å². The first-order valence-corrected chi connectivity index (χ1v) is 8.40. The highest BCUT2D eigenvalue weighted by Gasteiger charge is 2.50. The maximum atomic E-state index is 13.6. The summed E-state index contributed by atoms with van der Waals surface area (Å²) < 4.78 is 143. The molecule has 2 rings (SSSR count). The second-order valence-electron chi connectivity index (χ2n) is 5.51. The highest BCUT2D eigenvalue weighted by molar-refractivity contribution is 7.86. The average Bonchev–Trinajstić information content (AvgIpc) is 2.95. The molecule has 1 fully saturated rings.